The van der Waals surface area contributed by atoms with E-state index in [1.807, 2.05) is 18.2 Å². The highest BCUT2D eigenvalue weighted by molar-refractivity contribution is 9.10. The highest BCUT2D eigenvalue weighted by Gasteiger charge is 2.27. The van der Waals surface area contributed by atoms with Crippen molar-refractivity contribution in [3.05, 3.63) is 28.2 Å². The van der Waals surface area contributed by atoms with Crippen molar-refractivity contribution in [2.45, 2.75) is 45.1 Å². The third-order valence-electron chi connectivity index (χ3n) is 4.36. The summed E-state index contributed by atoms with van der Waals surface area (Å²) in [6.45, 7) is 2.25. The zero-order valence-electron chi connectivity index (χ0n) is 11.7. The lowest BCUT2D eigenvalue weighted by Gasteiger charge is -2.32. The highest BCUT2D eigenvalue weighted by atomic mass is 79.9. The molecule has 1 N–H and O–H groups in total. The van der Waals surface area contributed by atoms with Gasteiger partial charge in [0.15, 0.2) is 0 Å². The molecule has 0 bridgehead atoms. The van der Waals surface area contributed by atoms with Crippen LogP contribution in [0.1, 0.15) is 50.7 Å². The Labute approximate surface area is 124 Å². The predicted molar refractivity (Wildman–Crippen MR) is 81.4 cm³/mol. The minimum Gasteiger partial charge on any atom is -0.496 e. The molecular weight excluding hydrogens is 304 g/mol. The van der Waals surface area contributed by atoms with E-state index in [4.69, 9.17) is 4.74 Å². The molecule has 0 saturated heterocycles. The summed E-state index contributed by atoms with van der Waals surface area (Å²) in [7, 11) is 1.66. The lowest BCUT2D eigenvalue weighted by Crippen LogP contribution is -2.21. The number of rotatable bonds is 4. The summed E-state index contributed by atoms with van der Waals surface area (Å²) in [5, 5.41) is 10.6. The molecule has 0 spiro atoms. The molecule has 2 nitrogen and oxygen atoms in total. The number of halogens is 1. The van der Waals surface area contributed by atoms with E-state index in [0.717, 1.165) is 34.5 Å². The zero-order valence-corrected chi connectivity index (χ0v) is 13.3. The highest BCUT2D eigenvalue weighted by Crippen LogP contribution is 2.39. The Hall–Kier alpha value is -0.540. The fourth-order valence-electron chi connectivity index (χ4n) is 3.13. The molecule has 0 radical (unpaired) electrons. The molecule has 1 aliphatic carbocycles. The van der Waals surface area contributed by atoms with Crippen molar-refractivity contribution >= 4 is 15.9 Å². The second-order valence-corrected chi connectivity index (χ2v) is 6.39. The Morgan fingerprint density at radius 2 is 2.21 bits per heavy atom. The van der Waals surface area contributed by atoms with Gasteiger partial charge in [0.25, 0.3) is 0 Å². The Morgan fingerprint density at radius 3 is 2.84 bits per heavy atom. The van der Waals surface area contributed by atoms with E-state index in [0.29, 0.717) is 5.92 Å². The Morgan fingerprint density at radius 1 is 1.42 bits per heavy atom. The predicted octanol–water partition coefficient (Wildman–Crippen LogP) is 4.71. The van der Waals surface area contributed by atoms with Gasteiger partial charge in [-0.3, -0.25) is 0 Å². The largest absolute Gasteiger partial charge is 0.496 e. The molecule has 3 heteroatoms. The van der Waals surface area contributed by atoms with Crippen LogP contribution in [0, 0.1) is 11.8 Å². The average molecular weight is 327 g/mol. The quantitative estimate of drug-likeness (QED) is 0.868. The maximum absolute atomic E-state index is 10.6. The molecule has 0 heterocycles. The van der Waals surface area contributed by atoms with Gasteiger partial charge in [0.05, 0.1) is 17.7 Å². The number of hydrogen-bond acceptors (Lipinski definition) is 2. The minimum absolute atomic E-state index is 0.350. The van der Waals surface area contributed by atoms with Crippen molar-refractivity contribution in [1.82, 2.24) is 0 Å². The summed E-state index contributed by atoms with van der Waals surface area (Å²) in [5.74, 6) is 2.00. The number of methoxy groups -OCH3 is 1. The van der Waals surface area contributed by atoms with Crippen LogP contribution in [0.15, 0.2) is 22.7 Å². The van der Waals surface area contributed by atoms with E-state index in [1.54, 1.807) is 7.11 Å². The number of aliphatic hydroxyl groups is 1. The number of hydrogen-bond donors (Lipinski definition) is 1. The minimum atomic E-state index is -0.350. The Bertz CT molecular complexity index is 419. The molecule has 1 saturated carbocycles. The van der Waals surface area contributed by atoms with E-state index in [-0.39, 0.29) is 6.10 Å². The first-order valence-electron chi connectivity index (χ1n) is 7.17. The Kier molecular flexibility index (Phi) is 5.28. The van der Waals surface area contributed by atoms with Crippen molar-refractivity contribution in [3.63, 3.8) is 0 Å². The SMILES string of the molecule is CCC1CCCC(C(O)c2ccc(OC)c(Br)c2)C1. The van der Waals surface area contributed by atoms with Gasteiger partial charge in [-0.15, -0.1) is 0 Å². The number of aliphatic hydroxyl groups excluding tert-OH is 1. The first-order valence-corrected chi connectivity index (χ1v) is 7.96. The van der Waals surface area contributed by atoms with Crippen molar-refractivity contribution in [1.29, 1.82) is 0 Å². The molecule has 2 rings (SSSR count). The lowest BCUT2D eigenvalue weighted by atomic mass is 9.76. The van der Waals surface area contributed by atoms with E-state index in [2.05, 4.69) is 22.9 Å². The second kappa shape index (κ2) is 6.76. The van der Waals surface area contributed by atoms with Gasteiger partial charge in [0.2, 0.25) is 0 Å². The molecule has 3 atom stereocenters. The zero-order chi connectivity index (χ0) is 13.8. The van der Waals surface area contributed by atoms with Gasteiger partial charge >= 0.3 is 0 Å². The maximum Gasteiger partial charge on any atom is 0.133 e. The van der Waals surface area contributed by atoms with Crippen LogP contribution in [-0.4, -0.2) is 12.2 Å². The fourth-order valence-corrected chi connectivity index (χ4v) is 3.69. The Balaban J connectivity index is 2.10. The van der Waals surface area contributed by atoms with Crippen LogP contribution in [0.2, 0.25) is 0 Å². The molecule has 106 valence electrons. The first kappa shape index (κ1) is 14.9. The van der Waals surface area contributed by atoms with E-state index < -0.39 is 0 Å². The van der Waals surface area contributed by atoms with Crippen molar-refractivity contribution < 1.29 is 9.84 Å². The van der Waals surface area contributed by atoms with Gasteiger partial charge in [-0.1, -0.05) is 32.3 Å². The van der Waals surface area contributed by atoms with Gasteiger partial charge in [-0.2, -0.15) is 0 Å². The molecule has 0 aliphatic heterocycles. The van der Waals surface area contributed by atoms with Crippen molar-refractivity contribution in [2.24, 2.45) is 11.8 Å². The standard InChI is InChI=1S/C16H23BrO2/c1-3-11-5-4-6-12(9-11)16(18)13-7-8-15(19-2)14(17)10-13/h7-8,10-12,16,18H,3-6,9H2,1-2H3. The van der Waals surface area contributed by atoms with Gasteiger partial charge in [0.1, 0.15) is 5.75 Å². The molecule has 0 amide bonds. The third kappa shape index (κ3) is 3.51. The van der Waals surface area contributed by atoms with Crippen LogP contribution in [-0.2, 0) is 0 Å². The molecule has 3 unspecified atom stereocenters. The lowest BCUT2D eigenvalue weighted by molar-refractivity contribution is 0.0677. The van der Waals surface area contributed by atoms with Gasteiger partial charge in [-0.25, -0.2) is 0 Å². The van der Waals surface area contributed by atoms with E-state index in [1.165, 1.54) is 19.3 Å². The first-order chi connectivity index (χ1) is 9.15. The molecule has 1 aromatic carbocycles. The summed E-state index contributed by atoms with van der Waals surface area (Å²) >= 11 is 3.49. The summed E-state index contributed by atoms with van der Waals surface area (Å²) in [5.41, 5.74) is 0.995. The smallest absolute Gasteiger partial charge is 0.133 e. The molecule has 1 aromatic rings. The molecule has 1 aliphatic rings. The maximum atomic E-state index is 10.6. The summed E-state index contributed by atoms with van der Waals surface area (Å²) in [4.78, 5) is 0. The fraction of sp³-hybridized carbons (Fsp3) is 0.625. The number of ether oxygens (including phenoxy) is 1. The third-order valence-corrected chi connectivity index (χ3v) is 4.98. The summed E-state index contributed by atoms with van der Waals surface area (Å²) in [6, 6.07) is 5.88. The van der Waals surface area contributed by atoms with Crippen LogP contribution in [0.5, 0.6) is 5.75 Å². The van der Waals surface area contributed by atoms with Crippen LogP contribution < -0.4 is 4.74 Å². The van der Waals surface area contributed by atoms with E-state index >= 15 is 0 Å². The monoisotopic (exact) mass is 326 g/mol. The molecule has 19 heavy (non-hydrogen) atoms. The summed E-state index contributed by atoms with van der Waals surface area (Å²) in [6.07, 6.45) is 5.75. The van der Waals surface area contributed by atoms with Gasteiger partial charge < -0.3 is 9.84 Å². The van der Waals surface area contributed by atoms with Crippen LogP contribution in [0.25, 0.3) is 0 Å². The molecule has 1 fully saturated rings. The topological polar surface area (TPSA) is 29.5 Å². The van der Waals surface area contributed by atoms with Crippen LogP contribution in [0.4, 0.5) is 0 Å². The van der Waals surface area contributed by atoms with Crippen LogP contribution >= 0.6 is 15.9 Å². The van der Waals surface area contributed by atoms with Crippen molar-refractivity contribution in [3.8, 4) is 5.75 Å². The second-order valence-electron chi connectivity index (χ2n) is 5.54. The molecular formula is C16H23BrO2. The molecule has 0 aromatic heterocycles. The number of benzene rings is 1. The van der Waals surface area contributed by atoms with Crippen molar-refractivity contribution in [2.75, 3.05) is 7.11 Å². The summed E-state index contributed by atoms with van der Waals surface area (Å²) < 4.78 is 6.14. The van der Waals surface area contributed by atoms with Gasteiger partial charge in [0, 0.05) is 0 Å². The average Bonchev–Trinajstić information content (AvgIpc) is 2.46. The normalized spacial score (nSPS) is 25.1. The van der Waals surface area contributed by atoms with E-state index in [9.17, 15) is 5.11 Å². The van der Waals surface area contributed by atoms with Crippen LogP contribution in [0.3, 0.4) is 0 Å². The van der Waals surface area contributed by atoms with Gasteiger partial charge in [-0.05, 0) is 58.3 Å².